The molecule has 34 heavy (non-hydrogen) atoms. The zero-order chi connectivity index (χ0) is 25.1. The second kappa shape index (κ2) is 10.2. The van der Waals surface area contributed by atoms with E-state index in [-0.39, 0.29) is 24.3 Å². The summed E-state index contributed by atoms with van der Waals surface area (Å²) in [5.41, 5.74) is 7.52. The fraction of sp³-hybridized carbons (Fsp3) is 0.455. The molecule has 0 aliphatic rings. The molecule has 0 fully saturated rings. The predicted octanol–water partition coefficient (Wildman–Crippen LogP) is 3.08. The third kappa shape index (κ3) is 6.18. The number of benzene rings is 1. The van der Waals surface area contributed by atoms with E-state index in [0.717, 1.165) is 11.1 Å². The Balaban J connectivity index is 1.74. The summed E-state index contributed by atoms with van der Waals surface area (Å²) in [6.45, 7) is 8.99. The number of carboxylic acids is 1. The lowest BCUT2D eigenvalue weighted by atomic mass is 10.1. The quantitative estimate of drug-likeness (QED) is 0.295. The Morgan fingerprint density at radius 1 is 1.24 bits per heavy atom. The SMILES string of the molecule is Cc1ccc([C@H](C)N[P@@](=O)(CO[C@H](C)Cn2cnc3c(N)ncnc32)NC(C)(C)C(=O)O)cc1. The standard InChI is InChI=1S/C22H32N7O4P/c1-14-6-8-17(9-7-14)16(3)27-34(32,28-22(4,5)21(30)31)13-33-15(2)10-29-12-26-18-19(23)24-11-25-20(18)29/h6-9,11-12,15-16H,10,13H2,1-5H3,(H,30,31)(H2,23,24,25)(H2,27,28,32)/t15-,16+,34+/m1/s1. The van der Waals surface area contributed by atoms with Crippen molar-refractivity contribution in [3.63, 3.8) is 0 Å². The number of ether oxygens (including phenoxy) is 1. The van der Waals surface area contributed by atoms with Gasteiger partial charge in [-0.2, -0.15) is 0 Å². The molecule has 2 heterocycles. The monoisotopic (exact) mass is 489 g/mol. The van der Waals surface area contributed by atoms with Crippen molar-refractivity contribution < 1.29 is 19.2 Å². The Morgan fingerprint density at radius 3 is 2.56 bits per heavy atom. The molecule has 0 unspecified atom stereocenters. The molecule has 5 N–H and O–H groups in total. The van der Waals surface area contributed by atoms with E-state index >= 15 is 0 Å². The van der Waals surface area contributed by atoms with Gasteiger partial charge in [-0.25, -0.2) is 25.1 Å². The highest BCUT2D eigenvalue weighted by atomic mass is 31.2. The number of nitrogens with one attached hydrogen (secondary N) is 2. The number of imidazole rings is 1. The van der Waals surface area contributed by atoms with Gasteiger partial charge in [0, 0.05) is 6.04 Å². The zero-order valence-electron chi connectivity index (χ0n) is 20.0. The largest absolute Gasteiger partial charge is 0.480 e. The molecule has 0 radical (unpaired) electrons. The van der Waals surface area contributed by atoms with Crippen molar-refractivity contribution in [2.45, 2.75) is 58.8 Å². The molecule has 0 saturated heterocycles. The molecular formula is C22H32N7O4P. The van der Waals surface area contributed by atoms with Gasteiger partial charge in [-0.15, -0.1) is 0 Å². The summed E-state index contributed by atoms with van der Waals surface area (Å²) in [5.74, 6) is -0.830. The van der Waals surface area contributed by atoms with Crippen LogP contribution in [0, 0.1) is 6.92 Å². The number of aliphatic carboxylic acids is 1. The Hall–Kier alpha value is -2.85. The van der Waals surface area contributed by atoms with Crippen LogP contribution < -0.4 is 15.9 Å². The molecular weight excluding hydrogens is 457 g/mol. The molecule has 0 aliphatic carbocycles. The van der Waals surface area contributed by atoms with Crippen LogP contribution >= 0.6 is 7.44 Å². The lowest BCUT2D eigenvalue weighted by Crippen LogP contribution is -2.47. The highest BCUT2D eigenvalue weighted by Crippen LogP contribution is 2.42. The second-order valence-corrected chi connectivity index (χ2v) is 11.2. The van der Waals surface area contributed by atoms with E-state index in [1.54, 1.807) is 10.9 Å². The molecule has 3 aromatic rings. The highest BCUT2D eigenvalue weighted by Gasteiger charge is 2.37. The molecule has 0 saturated carbocycles. The predicted molar refractivity (Wildman–Crippen MR) is 130 cm³/mol. The summed E-state index contributed by atoms with van der Waals surface area (Å²) in [4.78, 5) is 24.1. The van der Waals surface area contributed by atoms with Gasteiger partial charge in [-0.1, -0.05) is 29.8 Å². The number of nitrogens with zero attached hydrogens (tertiary/aromatic N) is 4. The summed E-state index contributed by atoms with van der Waals surface area (Å²) in [7, 11) is -3.50. The van der Waals surface area contributed by atoms with Crippen molar-refractivity contribution in [3.8, 4) is 0 Å². The maximum atomic E-state index is 13.9. The van der Waals surface area contributed by atoms with Gasteiger partial charge in [-0.3, -0.25) is 9.36 Å². The molecule has 0 spiro atoms. The minimum Gasteiger partial charge on any atom is -0.480 e. The van der Waals surface area contributed by atoms with Gasteiger partial charge in [0.05, 0.1) is 19.0 Å². The highest BCUT2D eigenvalue weighted by molar-refractivity contribution is 7.59. The molecule has 0 amide bonds. The topological polar surface area (TPSA) is 157 Å². The average Bonchev–Trinajstić information content (AvgIpc) is 3.16. The van der Waals surface area contributed by atoms with Crippen LogP contribution in [0.4, 0.5) is 5.82 Å². The summed E-state index contributed by atoms with van der Waals surface area (Å²) >= 11 is 0. The Kier molecular flexibility index (Phi) is 7.72. The smallest absolute Gasteiger partial charge is 0.323 e. The van der Waals surface area contributed by atoms with E-state index in [2.05, 4.69) is 25.1 Å². The summed E-state index contributed by atoms with van der Waals surface area (Å²) in [6.07, 6.45) is 2.36. The first kappa shape index (κ1) is 25.8. The van der Waals surface area contributed by atoms with Crippen LogP contribution in [0.15, 0.2) is 36.9 Å². The Bertz CT molecular complexity index is 1200. The zero-order valence-corrected chi connectivity index (χ0v) is 20.9. The maximum Gasteiger partial charge on any atom is 0.323 e. The van der Waals surface area contributed by atoms with Gasteiger partial charge in [0.25, 0.3) is 0 Å². The van der Waals surface area contributed by atoms with Crippen molar-refractivity contribution in [1.82, 2.24) is 29.7 Å². The molecule has 0 aliphatic heterocycles. The van der Waals surface area contributed by atoms with Crippen LogP contribution in [0.1, 0.15) is 44.9 Å². The number of aromatic nitrogens is 4. The van der Waals surface area contributed by atoms with E-state index in [1.807, 2.05) is 45.0 Å². The first-order valence-corrected chi connectivity index (χ1v) is 12.8. The molecule has 12 heteroatoms. The molecule has 11 nitrogen and oxygen atoms in total. The molecule has 3 rings (SSSR count). The van der Waals surface area contributed by atoms with Gasteiger partial charge in [0.2, 0.25) is 7.44 Å². The van der Waals surface area contributed by atoms with E-state index in [1.165, 1.54) is 20.2 Å². The van der Waals surface area contributed by atoms with Gasteiger partial charge < -0.3 is 20.1 Å². The van der Waals surface area contributed by atoms with Crippen molar-refractivity contribution in [3.05, 3.63) is 48.0 Å². The van der Waals surface area contributed by atoms with Gasteiger partial charge >= 0.3 is 5.97 Å². The third-order valence-corrected chi connectivity index (χ3v) is 7.64. The van der Waals surface area contributed by atoms with Gasteiger partial charge in [0.1, 0.15) is 23.7 Å². The molecule has 0 bridgehead atoms. The van der Waals surface area contributed by atoms with Crippen molar-refractivity contribution in [1.29, 1.82) is 0 Å². The van der Waals surface area contributed by atoms with E-state index in [4.69, 9.17) is 10.5 Å². The summed E-state index contributed by atoms with van der Waals surface area (Å²) in [6, 6.07) is 7.52. The van der Waals surface area contributed by atoms with Crippen LogP contribution in [0.25, 0.3) is 11.2 Å². The minimum absolute atomic E-state index is 0.217. The van der Waals surface area contributed by atoms with Crippen LogP contribution in [-0.4, -0.2) is 48.6 Å². The third-order valence-electron chi connectivity index (χ3n) is 5.40. The average molecular weight is 490 g/mol. The van der Waals surface area contributed by atoms with E-state index in [0.29, 0.717) is 17.7 Å². The lowest BCUT2D eigenvalue weighted by Gasteiger charge is -2.32. The first-order chi connectivity index (χ1) is 15.9. The lowest BCUT2D eigenvalue weighted by molar-refractivity contribution is -0.142. The molecule has 1 aromatic carbocycles. The van der Waals surface area contributed by atoms with Crippen molar-refractivity contribution in [2.24, 2.45) is 0 Å². The number of hydrogen-bond acceptors (Lipinski definition) is 7. The normalized spacial score (nSPS) is 15.7. The molecule has 184 valence electrons. The number of anilines is 1. The Morgan fingerprint density at radius 2 is 1.91 bits per heavy atom. The van der Waals surface area contributed by atoms with Crippen LogP contribution in [-0.2, 0) is 20.6 Å². The number of aryl methyl sites for hydroxylation is 1. The van der Waals surface area contributed by atoms with Crippen LogP contribution in [0.3, 0.4) is 0 Å². The van der Waals surface area contributed by atoms with E-state index < -0.39 is 19.0 Å². The first-order valence-electron chi connectivity index (χ1n) is 10.9. The number of fused-ring (bicyclic) bond motifs is 1. The van der Waals surface area contributed by atoms with Crippen LogP contribution in [0.5, 0.6) is 0 Å². The van der Waals surface area contributed by atoms with Gasteiger partial charge in [-0.05, 0) is 40.2 Å². The van der Waals surface area contributed by atoms with Crippen molar-refractivity contribution >= 4 is 30.4 Å². The van der Waals surface area contributed by atoms with Crippen molar-refractivity contribution in [2.75, 3.05) is 12.1 Å². The van der Waals surface area contributed by atoms with Crippen LogP contribution in [0.2, 0.25) is 0 Å². The minimum atomic E-state index is -3.50. The molecule has 2 aromatic heterocycles. The number of carboxylic acid groups (broad SMARTS) is 1. The second-order valence-electron chi connectivity index (χ2n) is 8.98. The number of hydrogen-bond donors (Lipinski definition) is 4. The van der Waals surface area contributed by atoms with E-state index in [9.17, 15) is 14.5 Å². The number of nitrogen functional groups attached to an aromatic ring is 1. The summed E-state index contributed by atoms with van der Waals surface area (Å²) in [5, 5.41) is 15.5. The fourth-order valence-electron chi connectivity index (χ4n) is 3.44. The Labute approximate surface area is 198 Å². The number of rotatable bonds is 11. The maximum absolute atomic E-state index is 13.9. The number of nitrogens with two attached hydrogens (primary N) is 1. The fourth-order valence-corrected chi connectivity index (χ4v) is 5.88. The summed E-state index contributed by atoms with van der Waals surface area (Å²) < 4.78 is 21.6. The van der Waals surface area contributed by atoms with Gasteiger partial charge in [0.15, 0.2) is 11.5 Å². The number of carbonyl (C=O) groups is 1. The molecule has 3 atom stereocenters.